The predicted molar refractivity (Wildman–Crippen MR) is 101 cm³/mol. The molecule has 2 atom stereocenters. The smallest absolute Gasteiger partial charge is 0.223 e. The average Bonchev–Trinajstić information content (AvgIpc) is 2.86. The van der Waals surface area contributed by atoms with E-state index >= 15 is 0 Å². The standard InChI is InChI=1S/C19H28N2O3.ClH/c1-2-23-17-6-3-4-7-18(17)24-13-5-8-19(22)21-15-9-10-16(21)14-20-12-11-15;/h3-4,6-7,15-16,20H,2,5,8-14H2,1H3;1H. The van der Waals surface area contributed by atoms with Gasteiger partial charge in [0.2, 0.25) is 5.91 Å². The molecule has 5 nitrogen and oxygen atoms in total. The molecule has 1 amide bonds. The molecule has 6 heteroatoms. The molecule has 2 unspecified atom stereocenters. The van der Waals surface area contributed by atoms with Gasteiger partial charge in [-0.3, -0.25) is 4.79 Å². The highest BCUT2D eigenvalue weighted by atomic mass is 35.5. The largest absolute Gasteiger partial charge is 0.490 e. The van der Waals surface area contributed by atoms with E-state index in [9.17, 15) is 4.79 Å². The third-order valence-electron chi connectivity index (χ3n) is 4.88. The van der Waals surface area contributed by atoms with E-state index < -0.39 is 0 Å². The lowest BCUT2D eigenvalue weighted by Crippen LogP contribution is -2.42. The summed E-state index contributed by atoms with van der Waals surface area (Å²) < 4.78 is 11.4. The van der Waals surface area contributed by atoms with Gasteiger partial charge in [-0.15, -0.1) is 12.4 Å². The summed E-state index contributed by atoms with van der Waals surface area (Å²) in [6.07, 6.45) is 4.69. The fraction of sp³-hybridized carbons (Fsp3) is 0.632. The molecule has 0 aliphatic carbocycles. The van der Waals surface area contributed by atoms with Crippen molar-refractivity contribution >= 4 is 18.3 Å². The van der Waals surface area contributed by atoms with Crippen LogP contribution in [0.3, 0.4) is 0 Å². The number of carbonyl (C=O) groups excluding carboxylic acids is 1. The van der Waals surface area contributed by atoms with Gasteiger partial charge in [-0.1, -0.05) is 12.1 Å². The minimum absolute atomic E-state index is 0. The van der Waals surface area contributed by atoms with Gasteiger partial charge in [-0.05, 0) is 51.3 Å². The molecule has 1 aromatic rings. The van der Waals surface area contributed by atoms with Crippen molar-refractivity contribution in [3.8, 4) is 11.5 Å². The summed E-state index contributed by atoms with van der Waals surface area (Å²) in [7, 11) is 0. The number of para-hydroxylation sites is 2. The number of carbonyl (C=O) groups is 1. The van der Waals surface area contributed by atoms with Crippen LogP contribution in [0.2, 0.25) is 0 Å². The van der Waals surface area contributed by atoms with E-state index in [1.54, 1.807) is 0 Å². The molecule has 0 aromatic heterocycles. The number of amides is 1. The maximum Gasteiger partial charge on any atom is 0.223 e. The van der Waals surface area contributed by atoms with Gasteiger partial charge in [0, 0.05) is 25.0 Å². The Balaban J connectivity index is 0.00000225. The molecular formula is C19H29ClN2O3. The number of rotatable bonds is 7. The number of halogens is 1. The summed E-state index contributed by atoms with van der Waals surface area (Å²) in [4.78, 5) is 14.8. The minimum atomic E-state index is 0. The summed E-state index contributed by atoms with van der Waals surface area (Å²) in [5, 5.41) is 3.44. The van der Waals surface area contributed by atoms with Gasteiger partial charge in [0.1, 0.15) is 0 Å². The van der Waals surface area contributed by atoms with E-state index in [0.717, 1.165) is 50.3 Å². The number of nitrogens with one attached hydrogen (secondary N) is 1. The molecule has 25 heavy (non-hydrogen) atoms. The lowest BCUT2D eigenvalue weighted by Gasteiger charge is -2.28. The summed E-state index contributed by atoms with van der Waals surface area (Å²) in [6.45, 7) is 5.09. The Kier molecular flexibility index (Phi) is 7.85. The van der Waals surface area contributed by atoms with Gasteiger partial charge < -0.3 is 19.7 Å². The van der Waals surface area contributed by atoms with Crippen molar-refractivity contribution in [3.63, 3.8) is 0 Å². The van der Waals surface area contributed by atoms with E-state index in [1.165, 1.54) is 0 Å². The fourth-order valence-corrected chi connectivity index (χ4v) is 3.77. The predicted octanol–water partition coefficient (Wildman–Crippen LogP) is 3.02. The average molecular weight is 369 g/mol. The zero-order valence-electron chi connectivity index (χ0n) is 14.9. The molecule has 0 saturated carbocycles. The number of hydrogen-bond donors (Lipinski definition) is 1. The van der Waals surface area contributed by atoms with Crippen molar-refractivity contribution in [2.45, 2.75) is 51.1 Å². The van der Waals surface area contributed by atoms with Crippen LogP contribution in [0, 0.1) is 0 Å². The maximum atomic E-state index is 12.6. The van der Waals surface area contributed by atoms with Gasteiger partial charge in [0.25, 0.3) is 0 Å². The van der Waals surface area contributed by atoms with Gasteiger partial charge in [0.05, 0.1) is 13.2 Å². The summed E-state index contributed by atoms with van der Waals surface area (Å²) in [6, 6.07) is 8.52. The number of nitrogens with zero attached hydrogens (tertiary/aromatic N) is 1. The number of fused-ring (bicyclic) bond motifs is 2. The van der Waals surface area contributed by atoms with E-state index in [1.807, 2.05) is 31.2 Å². The Labute approximate surface area is 156 Å². The van der Waals surface area contributed by atoms with Crippen molar-refractivity contribution in [2.75, 3.05) is 26.3 Å². The lowest BCUT2D eigenvalue weighted by molar-refractivity contribution is -0.134. The Morgan fingerprint density at radius 2 is 1.88 bits per heavy atom. The third-order valence-corrected chi connectivity index (χ3v) is 4.88. The van der Waals surface area contributed by atoms with Crippen molar-refractivity contribution in [1.29, 1.82) is 0 Å². The third kappa shape index (κ3) is 5.02. The first-order valence-electron chi connectivity index (χ1n) is 9.16. The summed E-state index contributed by atoms with van der Waals surface area (Å²) in [5.41, 5.74) is 0. The zero-order valence-corrected chi connectivity index (χ0v) is 15.7. The Bertz CT molecular complexity index is 541. The Morgan fingerprint density at radius 1 is 1.16 bits per heavy atom. The molecule has 1 aromatic carbocycles. The second kappa shape index (κ2) is 9.88. The van der Waals surface area contributed by atoms with E-state index in [0.29, 0.717) is 31.7 Å². The molecule has 2 bridgehead atoms. The normalized spacial score (nSPS) is 22.0. The summed E-state index contributed by atoms with van der Waals surface area (Å²) in [5.74, 6) is 1.81. The minimum Gasteiger partial charge on any atom is -0.490 e. The van der Waals surface area contributed by atoms with Crippen LogP contribution in [0.25, 0.3) is 0 Å². The topological polar surface area (TPSA) is 50.8 Å². The van der Waals surface area contributed by atoms with Crippen LogP contribution in [-0.2, 0) is 4.79 Å². The van der Waals surface area contributed by atoms with Gasteiger partial charge in [-0.2, -0.15) is 0 Å². The molecule has 3 rings (SSSR count). The Morgan fingerprint density at radius 3 is 2.64 bits per heavy atom. The number of hydrogen-bond acceptors (Lipinski definition) is 4. The Hall–Kier alpha value is -1.46. The number of benzene rings is 1. The quantitative estimate of drug-likeness (QED) is 0.751. The molecule has 0 radical (unpaired) electrons. The van der Waals surface area contributed by atoms with E-state index in [2.05, 4.69) is 10.2 Å². The van der Waals surface area contributed by atoms with Crippen LogP contribution in [0.5, 0.6) is 11.5 Å². The molecule has 2 saturated heterocycles. The highest BCUT2D eigenvalue weighted by molar-refractivity contribution is 5.85. The highest BCUT2D eigenvalue weighted by Gasteiger charge is 2.37. The first kappa shape index (κ1) is 19.9. The summed E-state index contributed by atoms with van der Waals surface area (Å²) >= 11 is 0. The molecule has 1 N–H and O–H groups in total. The SMILES string of the molecule is CCOc1ccccc1OCCCC(=O)N1C2CCNCC1CC2.Cl. The second-order valence-electron chi connectivity index (χ2n) is 6.51. The van der Waals surface area contributed by atoms with Gasteiger partial charge in [-0.25, -0.2) is 0 Å². The van der Waals surface area contributed by atoms with Crippen LogP contribution in [0.1, 0.15) is 39.0 Å². The van der Waals surface area contributed by atoms with Crippen molar-refractivity contribution in [3.05, 3.63) is 24.3 Å². The fourth-order valence-electron chi connectivity index (χ4n) is 3.77. The maximum absolute atomic E-state index is 12.6. The van der Waals surface area contributed by atoms with Gasteiger partial charge >= 0.3 is 0 Å². The van der Waals surface area contributed by atoms with Gasteiger partial charge in [0.15, 0.2) is 11.5 Å². The molecule has 0 spiro atoms. The van der Waals surface area contributed by atoms with Crippen molar-refractivity contribution in [2.24, 2.45) is 0 Å². The molecule has 2 fully saturated rings. The van der Waals surface area contributed by atoms with Crippen molar-refractivity contribution < 1.29 is 14.3 Å². The molecule has 140 valence electrons. The second-order valence-corrected chi connectivity index (χ2v) is 6.51. The first-order chi connectivity index (χ1) is 11.8. The van der Waals surface area contributed by atoms with Crippen LogP contribution < -0.4 is 14.8 Å². The lowest BCUT2D eigenvalue weighted by atomic mass is 10.1. The molecular weight excluding hydrogens is 340 g/mol. The molecule has 2 aliphatic rings. The van der Waals surface area contributed by atoms with Crippen LogP contribution in [0.4, 0.5) is 0 Å². The van der Waals surface area contributed by atoms with E-state index in [4.69, 9.17) is 9.47 Å². The monoisotopic (exact) mass is 368 g/mol. The van der Waals surface area contributed by atoms with Crippen LogP contribution in [-0.4, -0.2) is 49.2 Å². The van der Waals surface area contributed by atoms with Crippen molar-refractivity contribution in [1.82, 2.24) is 10.2 Å². The zero-order chi connectivity index (χ0) is 16.8. The number of ether oxygens (including phenoxy) is 2. The first-order valence-corrected chi connectivity index (χ1v) is 9.16. The van der Waals surface area contributed by atoms with Crippen LogP contribution in [0.15, 0.2) is 24.3 Å². The van der Waals surface area contributed by atoms with E-state index in [-0.39, 0.29) is 18.3 Å². The highest BCUT2D eigenvalue weighted by Crippen LogP contribution is 2.29. The van der Waals surface area contributed by atoms with Crippen LogP contribution >= 0.6 is 12.4 Å². The molecule has 2 aliphatic heterocycles. The molecule has 2 heterocycles.